The van der Waals surface area contributed by atoms with E-state index in [9.17, 15) is 9.59 Å². The first-order chi connectivity index (χ1) is 13.4. The number of nitrogens with one attached hydrogen (secondary N) is 2. The molecule has 2 aromatic carbocycles. The van der Waals surface area contributed by atoms with E-state index in [0.717, 1.165) is 5.75 Å². The molecule has 6 nitrogen and oxygen atoms in total. The molecule has 0 bridgehead atoms. The van der Waals surface area contributed by atoms with Gasteiger partial charge in [0.15, 0.2) is 0 Å². The summed E-state index contributed by atoms with van der Waals surface area (Å²) in [4.78, 5) is 24.9. The molecule has 0 aliphatic rings. The van der Waals surface area contributed by atoms with E-state index in [1.54, 1.807) is 55.6 Å². The number of ether oxygens (including phenoxy) is 2. The van der Waals surface area contributed by atoms with Crippen LogP contribution >= 0.6 is 11.6 Å². The third-order valence-electron chi connectivity index (χ3n) is 4.08. The van der Waals surface area contributed by atoms with Crippen LogP contribution in [0.2, 0.25) is 5.02 Å². The Hall–Kier alpha value is -2.73. The molecule has 0 fully saturated rings. The van der Waals surface area contributed by atoms with Gasteiger partial charge < -0.3 is 20.1 Å². The van der Waals surface area contributed by atoms with Crippen molar-refractivity contribution in [1.29, 1.82) is 0 Å². The molecule has 150 valence electrons. The van der Waals surface area contributed by atoms with Crippen LogP contribution in [0.1, 0.15) is 24.2 Å². The summed E-state index contributed by atoms with van der Waals surface area (Å²) in [5.74, 6) is 0.689. The lowest BCUT2D eigenvalue weighted by atomic mass is 10.0. The van der Waals surface area contributed by atoms with Crippen LogP contribution in [-0.4, -0.2) is 38.1 Å². The van der Waals surface area contributed by atoms with Gasteiger partial charge in [0.2, 0.25) is 5.91 Å². The standard InChI is InChI=1S/C21H25ClN2O4/c1-14(2)19(24-20(25)17-6-4-5-7-18(17)22)21(26)23-12-13-28-16-10-8-15(27-3)9-11-16/h4-11,14,19H,12-13H2,1-3H3,(H,23,26)(H,24,25)/t19-/m0/s1. The summed E-state index contributed by atoms with van der Waals surface area (Å²) >= 11 is 6.06. The van der Waals surface area contributed by atoms with Crippen molar-refractivity contribution in [1.82, 2.24) is 10.6 Å². The molecule has 2 aromatic rings. The smallest absolute Gasteiger partial charge is 0.253 e. The zero-order valence-electron chi connectivity index (χ0n) is 16.2. The van der Waals surface area contributed by atoms with Crippen LogP contribution in [-0.2, 0) is 4.79 Å². The summed E-state index contributed by atoms with van der Waals surface area (Å²) in [6, 6.07) is 13.2. The minimum Gasteiger partial charge on any atom is -0.497 e. The van der Waals surface area contributed by atoms with Crippen LogP contribution < -0.4 is 20.1 Å². The molecule has 0 unspecified atom stereocenters. The van der Waals surface area contributed by atoms with Gasteiger partial charge >= 0.3 is 0 Å². The van der Waals surface area contributed by atoms with E-state index in [4.69, 9.17) is 21.1 Å². The van der Waals surface area contributed by atoms with Gasteiger partial charge in [-0.1, -0.05) is 37.6 Å². The van der Waals surface area contributed by atoms with Crippen molar-refractivity contribution in [3.8, 4) is 11.5 Å². The second-order valence-electron chi connectivity index (χ2n) is 6.49. The quantitative estimate of drug-likeness (QED) is 0.629. The summed E-state index contributed by atoms with van der Waals surface area (Å²) in [5, 5.41) is 5.89. The molecular formula is C21H25ClN2O4. The summed E-state index contributed by atoms with van der Waals surface area (Å²) in [5.41, 5.74) is 0.338. The Morgan fingerprint density at radius 1 is 1.04 bits per heavy atom. The highest BCUT2D eigenvalue weighted by molar-refractivity contribution is 6.33. The van der Waals surface area contributed by atoms with Crippen LogP contribution in [0.4, 0.5) is 0 Å². The Kier molecular flexibility index (Phi) is 8.14. The van der Waals surface area contributed by atoms with Crippen LogP contribution in [0.5, 0.6) is 11.5 Å². The third-order valence-corrected chi connectivity index (χ3v) is 4.41. The van der Waals surface area contributed by atoms with Gasteiger partial charge in [-0.25, -0.2) is 0 Å². The number of methoxy groups -OCH3 is 1. The molecule has 0 radical (unpaired) electrons. The zero-order valence-corrected chi connectivity index (χ0v) is 17.0. The normalized spacial score (nSPS) is 11.6. The van der Waals surface area contributed by atoms with E-state index in [1.165, 1.54) is 0 Å². The number of amides is 2. The molecule has 1 atom stereocenters. The molecule has 0 saturated heterocycles. The number of hydrogen-bond donors (Lipinski definition) is 2. The minimum atomic E-state index is -0.676. The maximum atomic E-state index is 12.5. The second-order valence-corrected chi connectivity index (χ2v) is 6.90. The van der Waals surface area contributed by atoms with Crippen molar-refractivity contribution < 1.29 is 19.1 Å². The topological polar surface area (TPSA) is 76.7 Å². The predicted molar refractivity (Wildman–Crippen MR) is 109 cm³/mol. The number of carbonyl (C=O) groups is 2. The Bertz CT molecular complexity index is 793. The first-order valence-electron chi connectivity index (χ1n) is 9.02. The first-order valence-corrected chi connectivity index (χ1v) is 9.40. The zero-order chi connectivity index (χ0) is 20.5. The van der Waals surface area contributed by atoms with Gasteiger partial charge in [-0.2, -0.15) is 0 Å². The highest BCUT2D eigenvalue weighted by Crippen LogP contribution is 2.17. The average Bonchev–Trinajstić information content (AvgIpc) is 2.69. The maximum Gasteiger partial charge on any atom is 0.253 e. The van der Waals surface area contributed by atoms with Gasteiger partial charge in [-0.05, 0) is 42.3 Å². The van der Waals surface area contributed by atoms with Crippen molar-refractivity contribution >= 4 is 23.4 Å². The van der Waals surface area contributed by atoms with Crippen LogP contribution in [0.15, 0.2) is 48.5 Å². The molecule has 0 aliphatic carbocycles. The monoisotopic (exact) mass is 404 g/mol. The van der Waals surface area contributed by atoms with Gasteiger partial charge in [-0.3, -0.25) is 9.59 Å². The fourth-order valence-corrected chi connectivity index (χ4v) is 2.75. The van der Waals surface area contributed by atoms with E-state index in [2.05, 4.69) is 10.6 Å². The molecule has 0 saturated carbocycles. The summed E-state index contributed by atoms with van der Waals surface area (Å²) in [7, 11) is 1.60. The molecule has 28 heavy (non-hydrogen) atoms. The third kappa shape index (κ3) is 6.16. The summed E-state index contributed by atoms with van der Waals surface area (Å²) < 4.78 is 10.7. The number of carbonyl (C=O) groups excluding carboxylic acids is 2. The van der Waals surface area contributed by atoms with Crippen LogP contribution in [0.3, 0.4) is 0 Å². The molecule has 0 heterocycles. The largest absolute Gasteiger partial charge is 0.497 e. The molecule has 0 spiro atoms. The van der Waals surface area contributed by atoms with E-state index in [1.807, 2.05) is 13.8 Å². The highest BCUT2D eigenvalue weighted by atomic mass is 35.5. The van der Waals surface area contributed by atoms with Gasteiger partial charge in [0.05, 0.1) is 24.2 Å². The fourth-order valence-electron chi connectivity index (χ4n) is 2.52. The molecule has 2 amide bonds. The number of hydrogen-bond acceptors (Lipinski definition) is 4. The minimum absolute atomic E-state index is 0.0889. The second kappa shape index (κ2) is 10.6. The lowest BCUT2D eigenvalue weighted by Gasteiger charge is -2.22. The van der Waals surface area contributed by atoms with E-state index >= 15 is 0 Å². The molecule has 0 aromatic heterocycles. The maximum absolute atomic E-state index is 12.5. The van der Waals surface area contributed by atoms with Crippen molar-refractivity contribution in [3.63, 3.8) is 0 Å². The molecule has 2 N–H and O–H groups in total. The van der Waals surface area contributed by atoms with Crippen LogP contribution in [0.25, 0.3) is 0 Å². The van der Waals surface area contributed by atoms with Gasteiger partial charge in [0.1, 0.15) is 24.1 Å². The van der Waals surface area contributed by atoms with Gasteiger partial charge in [0, 0.05) is 0 Å². The summed E-state index contributed by atoms with van der Waals surface area (Å²) in [6.45, 7) is 4.35. The lowest BCUT2D eigenvalue weighted by molar-refractivity contribution is -0.124. The van der Waals surface area contributed by atoms with Crippen molar-refractivity contribution in [2.75, 3.05) is 20.3 Å². The van der Waals surface area contributed by atoms with Crippen LogP contribution in [0, 0.1) is 5.92 Å². The number of halogens is 1. The molecule has 7 heteroatoms. The van der Waals surface area contributed by atoms with Gasteiger partial charge in [-0.15, -0.1) is 0 Å². The van der Waals surface area contributed by atoms with Crippen molar-refractivity contribution in [2.24, 2.45) is 5.92 Å². The van der Waals surface area contributed by atoms with E-state index < -0.39 is 6.04 Å². The molecule has 2 rings (SSSR count). The fraction of sp³-hybridized carbons (Fsp3) is 0.333. The van der Waals surface area contributed by atoms with Crippen molar-refractivity contribution in [2.45, 2.75) is 19.9 Å². The Balaban J connectivity index is 1.85. The lowest BCUT2D eigenvalue weighted by Crippen LogP contribution is -2.50. The molecule has 0 aliphatic heterocycles. The van der Waals surface area contributed by atoms with E-state index in [0.29, 0.717) is 29.5 Å². The Morgan fingerprint density at radius 3 is 2.29 bits per heavy atom. The Morgan fingerprint density at radius 2 is 1.68 bits per heavy atom. The van der Waals surface area contributed by atoms with E-state index in [-0.39, 0.29) is 17.7 Å². The first kappa shape index (κ1) is 21.6. The Labute approximate surface area is 170 Å². The van der Waals surface area contributed by atoms with Gasteiger partial charge in [0.25, 0.3) is 5.91 Å². The summed E-state index contributed by atoms with van der Waals surface area (Å²) in [6.07, 6.45) is 0. The average molecular weight is 405 g/mol. The number of benzene rings is 2. The molecular weight excluding hydrogens is 380 g/mol. The highest BCUT2D eigenvalue weighted by Gasteiger charge is 2.25. The predicted octanol–water partition coefficient (Wildman–Crippen LogP) is 3.30. The number of rotatable bonds is 9. The van der Waals surface area contributed by atoms with Crippen molar-refractivity contribution in [3.05, 3.63) is 59.1 Å². The SMILES string of the molecule is COc1ccc(OCCNC(=O)[C@@H](NC(=O)c2ccccc2Cl)C(C)C)cc1.